The lowest BCUT2D eigenvalue weighted by atomic mass is 10.2. The fourth-order valence-corrected chi connectivity index (χ4v) is 2.77. The molecule has 0 atom stereocenters. The van der Waals surface area contributed by atoms with E-state index in [-0.39, 0.29) is 6.03 Å². The van der Waals surface area contributed by atoms with Crippen molar-refractivity contribution in [3.63, 3.8) is 0 Å². The lowest BCUT2D eigenvalue weighted by molar-refractivity contribution is 0.220. The van der Waals surface area contributed by atoms with Gasteiger partial charge < -0.3 is 10.2 Å². The van der Waals surface area contributed by atoms with Gasteiger partial charge in [-0.1, -0.05) is 36.4 Å². The Kier molecular flexibility index (Phi) is 4.84. The number of aryl methyl sites for hydroxylation is 1. The number of amides is 2. The number of para-hydroxylation sites is 2. The van der Waals surface area contributed by atoms with Gasteiger partial charge in [0.15, 0.2) is 0 Å². The van der Waals surface area contributed by atoms with Crippen LogP contribution in [0, 0.1) is 13.8 Å². The van der Waals surface area contributed by atoms with Crippen LogP contribution < -0.4 is 5.32 Å². The highest BCUT2D eigenvalue weighted by Gasteiger charge is 2.17. The predicted octanol–water partition coefficient (Wildman–Crippen LogP) is 4.15. The second-order valence-corrected chi connectivity index (χ2v) is 6.05. The van der Waals surface area contributed by atoms with Crippen LogP contribution in [0.3, 0.4) is 0 Å². The van der Waals surface area contributed by atoms with Crippen LogP contribution in [0.2, 0.25) is 0 Å². The molecule has 25 heavy (non-hydrogen) atoms. The molecule has 0 aliphatic heterocycles. The Hall–Kier alpha value is -3.08. The average Bonchev–Trinajstić information content (AvgIpc) is 2.91. The fraction of sp³-hybridized carbons (Fsp3) is 0.200. The van der Waals surface area contributed by atoms with Crippen LogP contribution in [0.25, 0.3) is 5.69 Å². The third-order valence-corrected chi connectivity index (χ3v) is 4.21. The number of rotatable bonds is 4. The third-order valence-electron chi connectivity index (χ3n) is 4.21. The summed E-state index contributed by atoms with van der Waals surface area (Å²) in [6.07, 6.45) is 0. The number of benzene rings is 2. The maximum Gasteiger partial charge on any atom is 0.321 e. The number of aromatic nitrogens is 2. The lowest BCUT2D eigenvalue weighted by Crippen LogP contribution is -2.31. The van der Waals surface area contributed by atoms with Gasteiger partial charge in [0.05, 0.1) is 17.9 Å². The summed E-state index contributed by atoms with van der Waals surface area (Å²) in [5.74, 6) is 0. The van der Waals surface area contributed by atoms with Crippen molar-refractivity contribution in [1.29, 1.82) is 0 Å². The van der Waals surface area contributed by atoms with Gasteiger partial charge >= 0.3 is 6.03 Å². The van der Waals surface area contributed by atoms with Crippen molar-refractivity contribution in [2.45, 2.75) is 20.4 Å². The molecule has 0 radical (unpaired) electrons. The molecule has 0 bridgehead atoms. The van der Waals surface area contributed by atoms with Crippen LogP contribution in [0.4, 0.5) is 10.5 Å². The second kappa shape index (κ2) is 7.21. The average molecular weight is 334 g/mol. The molecular formula is C20H22N4O. The molecule has 0 aliphatic carbocycles. The van der Waals surface area contributed by atoms with Crippen molar-refractivity contribution in [2.24, 2.45) is 0 Å². The van der Waals surface area contributed by atoms with Crippen molar-refractivity contribution in [1.82, 2.24) is 14.7 Å². The first-order valence-corrected chi connectivity index (χ1v) is 8.24. The first-order chi connectivity index (χ1) is 12.1. The Morgan fingerprint density at radius 1 is 1.04 bits per heavy atom. The standard InChI is InChI=1S/C20H22N4O/c1-15-19(16(2)24(22-15)18-12-8-5-9-13-18)14-23(3)20(25)21-17-10-6-4-7-11-17/h4-13H,14H2,1-3H3,(H,21,25). The molecule has 2 aromatic carbocycles. The van der Waals surface area contributed by atoms with E-state index < -0.39 is 0 Å². The van der Waals surface area contributed by atoms with Gasteiger partial charge in [-0.3, -0.25) is 0 Å². The van der Waals surface area contributed by atoms with Crippen LogP contribution in [0.5, 0.6) is 0 Å². The van der Waals surface area contributed by atoms with Crippen LogP contribution in [0.15, 0.2) is 60.7 Å². The zero-order valence-electron chi connectivity index (χ0n) is 14.7. The van der Waals surface area contributed by atoms with Gasteiger partial charge in [0.25, 0.3) is 0 Å². The van der Waals surface area contributed by atoms with Gasteiger partial charge in [-0.05, 0) is 38.1 Å². The summed E-state index contributed by atoms with van der Waals surface area (Å²) in [6.45, 7) is 4.51. The fourth-order valence-electron chi connectivity index (χ4n) is 2.77. The molecule has 0 aliphatic rings. The lowest BCUT2D eigenvalue weighted by Gasteiger charge is -2.18. The largest absolute Gasteiger partial charge is 0.323 e. The van der Waals surface area contributed by atoms with Gasteiger partial charge in [0, 0.05) is 24.0 Å². The smallest absolute Gasteiger partial charge is 0.321 e. The summed E-state index contributed by atoms with van der Waals surface area (Å²) in [7, 11) is 1.79. The molecule has 5 nitrogen and oxygen atoms in total. The summed E-state index contributed by atoms with van der Waals surface area (Å²) in [5, 5.41) is 7.53. The maximum absolute atomic E-state index is 12.4. The number of anilines is 1. The number of hydrogen-bond donors (Lipinski definition) is 1. The molecule has 0 unspecified atom stereocenters. The Morgan fingerprint density at radius 2 is 1.64 bits per heavy atom. The van der Waals surface area contributed by atoms with Crippen molar-refractivity contribution < 1.29 is 4.79 Å². The SMILES string of the molecule is Cc1nn(-c2ccccc2)c(C)c1CN(C)C(=O)Nc1ccccc1. The molecule has 0 spiro atoms. The van der Waals surface area contributed by atoms with Gasteiger partial charge in [-0.15, -0.1) is 0 Å². The Bertz CT molecular complexity index is 856. The molecule has 1 N–H and O–H groups in total. The number of carbonyl (C=O) groups is 1. The van der Waals surface area contributed by atoms with Crippen molar-refractivity contribution in [3.05, 3.63) is 77.6 Å². The Morgan fingerprint density at radius 3 is 2.28 bits per heavy atom. The zero-order valence-corrected chi connectivity index (χ0v) is 14.7. The highest BCUT2D eigenvalue weighted by molar-refractivity contribution is 5.89. The van der Waals surface area contributed by atoms with E-state index in [2.05, 4.69) is 10.4 Å². The molecule has 3 aromatic rings. The van der Waals surface area contributed by atoms with Crippen molar-refractivity contribution in [3.8, 4) is 5.69 Å². The summed E-state index contributed by atoms with van der Waals surface area (Å²) in [4.78, 5) is 14.1. The van der Waals surface area contributed by atoms with Crippen LogP contribution >= 0.6 is 0 Å². The predicted molar refractivity (Wildman–Crippen MR) is 100.0 cm³/mol. The number of carbonyl (C=O) groups excluding carboxylic acids is 1. The number of urea groups is 1. The number of nitrogens with zero attached hydrogens (tertiary/aromatic N) is 3. The second-order valence-electron chi connectivity index (χ2n) is 6.05. The maximum atomic E-state index is 12.4. The van der Waals surface area contributed by atoms with E-state index in [9.17, 15) is 4.79 Å². The van der Waals surface area contributed by atoms with Crippen molar-refractivity contribution in [2.75, 3.05) is 12.4 Å². The third kappa shape index (κ3) is 3.71. The minimum absolute atomic E-state index is 0.141. The Balaban J connectivity index is 1.76. The quantitative estimate of drug-likeness (QED) is 0.779. The molecule has 1 heterocycles. The highest BCUT2D eigenvalue weighted by Crippen LogP contribution is 2.19. The molecular weight excluding hydrogens is 312 g/mol. The molecule has 0 saturated heterocycles. The molecule has 0 fully saturated rings. The number of hydrogen-bond acceptors (Lipinski definition) is 2. The highest BCUT2D eigenvalue weighted by atomic mass is 16.2. The van der Waals surface area contributed by atoms with Gasteiger partial charge in [-0.2, -0.15) is 5.10 Å². The zero-order chi connectivity index (χ0) is 17.8. The first-order valence-electron chi connectivity index (χ1n) is 8.24. The van der Waals surface area contributed by atoms with E-state index in [0.717, 1.165) is 28.3 Å². The summed E-state index contributed by atoms with van der Waals surface area (Å²) in [5.41, 5.74) is 4.84. The minimum atomic E-state index is -0.141. The van der Waals surface area contributed by atoms with E-state index in [1.54, 1.807) is 11.9 Å². The molecule has 0 saturated carbocycles. The first kappa shape index (κ1) is 16.8. The van der Waals surface area contributed by atoms with E-state index in [0.29, 0.717) is 6.54 Å². The normalized spacial score (nSPS) is 10.5. The van der Waals surface area contributed by atoms with E-state index in [4.69, 9.17) is 0 Å². The minimum Gasteiger partial charge on any atom is -0.323 e. The van der Waals surface area contributed by atoms with Crippen LogP contribution in [-0.2, 0) is 6.54 Å². The molecule has 3 rings (SSSR count). The van der Waals surface area contributed by atoms with E-state index >= 15 is 0 Å². The summed E-state index contributed by atoms with van der Waals surface area (Å²) < 4.78 is 1.92. The van der Waals surface area contributed by atoms with Crippen molar-refractivity contribution >= 4 is 11.7 Å². The summed E-state index contributed by atoms with van der Waals surface area (Å²) in [6, 6.07) is 19.3. The van der Waals surface area contributed by atoms with E-state index in [1.807, 2.05) is 79.2 Å². The molecule has 128 valence electrons. The summed E-state index contributed by atoms with van der Waals surface area (Å²) >= 11 is 0. The van der Waals surface area contributed by atoms with Gasteiger partial charge in [0.1, 0.15) is 0 Å². The Labute approximate surface area is 147 Å². The monoisotopic (exact) mass is 334 g/mol. The topological polar surface area (TPSA) is 50.2 Å². The van der Waals surface area contributed by atoms with Crippen LogP contribution in [-0.4, -0.2) is 27.8 Å². The molecule has 1 aromatic heterocycles. The van der Waals surface area contributed by atoms with E-state index in [1.165, 1.54) is 0 Å². The number of nitrogens with one attached hydrogen (secondary N) is 1. The molecule has 5 heteroatoms. The molecule has 2 amide bonds. The van der Waals surface area contributed by atoms with Crippen LogP contribution in [0.1, 0.15) is 17.0 Å². The van der Waals surface area contributed by atoms with Gasteiger partial charge in [0.2, 0.25) is 0 Å². The van der Waals surface area contributed by atoms with Gasteiger partial charge in [-0.25, -0.2) is 9.48 Å².